The summed E-state index contributed by atoms with van der Waals surface area (Å²) in [5.74, 6) is -1.38. The molecule has 1 atom stereocenters. The second-order valence-corrected chi connectivity index (χ2v) is 3.29. The number of nitrogens with two attached hydrogens (primary N) is 1. The second-order valence-electron chi connectivity index (χ2n) is 3.29. The Balaban J connectivity index is 2.69. The van der Waals surface area contributed by atoms with E-state index in [0.717, 1.165) is 0 Å². The molecule has 0 fully saturated rings. The van der Waals surface area contributed by atoms with E-state index in [9.17, 15) is 9.90 Å². The summed E-state index contributed by atoms with van der Waals surface area (Å²) >= 11 is 0. The fraction of sp³-hybridized carbons (Fsp3) is 0.300. The highest BCUT2D eigenvalue weighted by atomic mass is 16.4. The zero-order valence-electron chi connectivity index (χ0n) is 8.05. The molecule has 1 aromatic rings. The van der Waals surface area contributed by atoms with Crippen LogP contribution in [0.2, 0.25) is 0 Å². The van der Waals surface area contributed by atoms with Crippen LogP contribution < -0.4 is 5.73 Å². The van der Waals surface area contributed by atoms with Crippen LogP contribution >= 0.6 is 0 Å². The Morgan fingerprint density at radius 3 is 2.53 bits per heavy atom. The fourth-order valence-electron chi connectivity index (χ4n) is 1.22. The molecule has 15 heavy (non-hydrogen) atoms. The lowest BCUT2D eigenvalue weighted by Crippen LogP contribution is -2.12. The van der Waals surface area contributed by atoms with Crippen LogP contribution in [0.4, 0.5) is 0 Å². The zero-order valence-corrected chi connectivity index (χ0v) is 8.05. The van der Waals surface area contributed by atoms with Gasteiger partial charge in [0.2, 0.25) is 0 Å². The number of rotatable bonds is 4. The summed E-state index contributed by atoms with van der Waals surface area (Å²) in [5, 5.41) is 26.7. The monoisotopic (exact) mass is 211 g/mol. The standard InChI is InChI=1S/C10H13NO4/c11-7(2-4-10(14)15)6-1-3-8(12)9(13)5-6/h1,3,5,7,12-13H,2,4,11H2,(H,14,15). The van der Waals surface area contributed by atoms with Gasteiger partial charge >= 0.3 is 5.97 Å². The first-order valence-electron chi connectivity index (χ1n) is 4.50. The molecule has 1 unspecified atom stereocenters. The number of phenols is 2. The third-order valence-electron chi connectivity index (χ3n) is 2.10. The van der Waals surface area contributed by atoms with Gasteiger partial charge in [-0.25, -0.2) is 0 Å². The Hall–Kier alpha value is -1.75. The number of hydrogen-bond acceptors (Lipinski definition) is 4. The van der Waals surface area contributed by atoms with Gasteiger partial charge in [0.1, 0.15) is 0 Å². The molecule has 82 valence electrons. The molecule has 0 aliphatic rings. The normalized spacial score (nSPS) is 12.3. The Morgan fingerprint density at radius 1 is 1.33 bits per heavy atom. The van der Waals surface area contributed by atoms with Crippen LogP contribution in [0, 0.1) is 0 Å². The van der Waals surface area contributed by atoms with E-state index in [1.54, 1.807) is 6.07 Å². The van der Waals surface area contributed by atoms with Crippen LogP contribution in [-0.2, 0) is 4.79 Å². The van der Waals surface area contributed by atoms with Crippen molar-refractivity contribution in [3.63, 3.8) is 0 Å². The van der Waals surface area contributed by atoms with Gasteiger partial charge in [-0.1, -0.05) is 6.07 Å². The van der Waals surface area contributed by atoms with Crippen LogP contribution in [0.15, 0.2) is 18.2 Å². The Kier molecular flexibility index (Phi) is 3.51. The molecule has 0 spiro atoms. The molecule has 1 rings (SSSR count). The number of carboxylic acids is 1. The van der Waals surface area contributed by atoms with Gasteiger partial charge in [0.15, 0.2) is 11.5 Å². The lowest BCUT2D eigenvalue weighted by atomic mass is 10.0. The minimum Gasteiger partial charge on any atom is -0.504 e. The molecule has 5 N–H and O–H groups in total. The predicted octanol–water partition coefficient (Wildman–Crippen LogP) is 0.962. The number of carboxylic acid groups (broad SMARTS) is 1. The summed E-state index contributed by atoms with van der Waals surface area (Å²) in [6.07, 6.45) is 0.266. The predicted molar refractivity (Wildman–Crippen MR) is 53.6 cm³/mol. The van der Waals surface area contributed by atoms with Gasteiger partial charge < -0.3 is 21.1 Å². The lowest BCUT2D eigenvalue weighted by Gasteiger charge is -2.11. The first-order chi connectivity index (χ1) is 7.00. The van der Waals surface area contributed by atoms with Gasteiger partial charge in [-0.3, -0.25) is 4.79 Å². The molecule has 5 nitrogen and oxygen atoms in total. The average Bonchev–Trinajstić information content (AvgIpc) is 2.18. The van der Waals surface area contributed by atoms with Gasteiger partial charge in [-0.05, 0) is 24.1 Å². The van der Waals surface area contributed by atoms with E-state index in [4.69, 9.17) is 15.9 Å². The summed E-state index contributed by atoms with van der Waals surface area (Å²) in [6, 6.07) is 3.77. The number of aromatic hydroxyl groups is 2. The molecule has 1 aromatic carbocycles. The van der Waals surface area contributed by atoms with Crippen molar-refractivity contribution in [1.82, 2.24) is 0 Å². The zero-order chi connectivity index (χ0) is 11.4. The molecule has 0 aliphatic carbocycles. The van der Waals surface area contributed by atoms with Gasteiger partial charge in [-0.15, -0.1) is 0 Å². The number of hydrogen-bond donors (Lipinski definition) is 4. The van der Waals surface area contributed by atoms with E-state index in [1.165, 1.54) is 12.1 Å². The van der Waals surface area contributed by atoms with Crippen LogP contribution in [0.3, 0.4) is 0 Å². The SMILES string of the molecule is NC(CCC(=O)O)c1ccc(O)c(O)c1. The summed E-state index contributed by atoms with van der Waals surface area (Å²) in [6.45, 7) is 0. The highest BCUT2D eigenvalue weighted by molar-refractivity contribution is 5.66. The van der Waals surface area contributed by atoms with Crippen molar-refractivity contribution < 1.29 is 20.1 Å². The van der Waals surface area contributed by atoms with Crippen LogP contribution in [-0.4, -0.2) is 21.3 Å². The summed E-state index contributed by atoms with van der Waals surface area (Å²) in [7, 11) is 0. The molecule has 0 saturated heterocycles. The Labute approximate surface area is 86.8 Å². The molecule has 0 saturated carbocycles. The molecule has 0 aromatic heterocycles. The number of aliphatic carboxylic acids is 1. The van der Waals surface area contributed by atoms with Crippen molar-refractivity contribution in [2.24, 2.45) is 5.73 Å². The molecule has 0 radical (unpaired) electrons. The van der Waals surface area contributed by atoms with E-state index in [-0.39, 0.29) is 17.9 Å². The average molecular weight is 211 g/mol. The third-order valence-corrected chi connectivity index (χ3v) is 2.10. The maximum Gasteiger partial charge on any atom is 0.303 e. The van der Waals surface area contributed by atoms with Crippen molar-refractivity contribution in [2.75, 3.05) is 0 Å². The van der Waals surface area contributed by atoms with Crippen molar-refractivity contribution in [2.45, 2.75) is 18.9 Å². The maximum absolute atomic E-state index is 10.3. The van der Waals surface area contributed by atoms with Crippen LogP contribution in [0.1, 0.15) is 24.4 Å². The summed E-state index contributed by atoms with van der Waals surface area (Å²) < 4.78 is 0. The molecule has 5 heteroatoms. The number of carbonyl (C=O) groups is 1. The van der Waals surface area contributed by atoms with Gasteiger partial charge in [0, 0.05) is 12.5 Å². The van der Waals surface area contributed by atoms with Crippen molar-refractivity contribution in [3.8, 4) is 11.5 Å². The molecular formula is C10H13NO4. The van der Waals surface area contributed by atoms with Crippen molar-refractivity contribution in [3.05, 3.63) is 23.8 Å². The topological polar surface area (TPSA) is 104 Å². The first-order valence-corrected chi connectivity index (χ1v) is 4.50. The van der Waals surface area contributed by atoms with Crippen molar-refractivity contribution in [1.29, 1.82) is 0 Å². The van der Waals surface area contributed by atoms with E-state index >= 15 is 0 Å². The van der Waals surface area contributed by atoms with Gasteiger partial charge in [0.25, 0.3) is 0 Å². The largest absolute Gasteiger partial charge is 0.504 e. The molecule has 0 amide bonds. The van der Waals surface area contributed by atoms with E-state index in [1.807, 2.05) is 0 Å². The minimum absolute atomic E-state index is 0.0250. The highest BCUT2D eigenvalue weighted by Crippen LogP contribution is 2.28. The van der Waals surface area contributed by atoms with E-state index < -0.39 is 12.0 Å². The number of benzene rings is 1. The molecule has 0 bridgehead atoms. The minimum atomic E-state index is -0.909. The quantitative estimate of drug-likeness (QED) is 0.555. The van der Waals surface area contributed by atoms with Gasteiger partial charge in [-0.2, -0.15) is 0 Å². The fourth-order valence-corrected chi connectivity index (χ4v) is 1.22. The number of phenolic OH excluding ortho intramolecular Hbond substituents is 2. The van der Waals surface area contributed by atoms with E-state index in [2.05, 4.69) is 0 Å². The van der Waals surface area contributed by atoms with Gasteiger partial charge in [0.05, 0.1) is 0 Å². The molecular weight excluding hydrogens is 198 g/mol. The first kappa shape index (κ1) is 11.3. The molecule has 0 heterocycles. The van der Waals surface area contributed by atoms with Crippen LogP contribution in [0.5, 0.6) is 11.5 Å². The maximum atomic E-state index is 10.3. The Bertz CT molecular complexity index is 364. The van der Waals surface area contributed by atoms with Crippen molar-refractivity contribution >= 4 is 5.97 Å². The smallest absolute Gasteiger partial charge is 0.303 e. The molecule has 0 aliphatic heterocycles. The lowest BCUT2D eigenvalue weighted by molar-refractivity contribution is -0.137. The van der Waals surface area contributed by atoms with E-state index in [0.29, 0.717) is 12.0 Å². The summed E-state index contributed by atoms with van der Waals surface area (Å²) in [5.41, 5.74) is 6.31. The van der Waals surface area contributed by atoms with Crippen LogP contribution in [0.25, 0.3) is 0 Å². The Morgan fingerprint density at radius 2 is 2.00 bits per heavy atom. The second kappa shape index (κ2) is 4.65. The summed E-state index contributed by atoms with van der Waals surface area (Å²) in [4.78, 5) is 10.3. The highest BCUT2D eigenvalue weighted by Gasteiger charge is 2.10. The third kappa shape index (κ3) is 3.14.